The number of carbonyl (C=O) groups excluding carboxylic acids is 2. The summed E-state index contributed by atoms with van der Waals surface area (Å²) in [4.78, 5) is 27.5. The van der Waals surface area contributed by atoms with Gasteiger partial charge < -0.3 is 10.2 Å². The minimum absolute atomic E-state index is 0.0983. The van der Waals surface area contributed by atoms with Crippen LogP contribution in [0.3, 0.4) is 0 Å². The smallest absolute Gasteiger partial charge is 0.258 e. The zero-order valence-corrected chi connectivity index (χ0v) is 17.4. The van der Waals surface area contributed by atoms with Gasteiger partial charge in [-0.2, -0.15) is 0 Å². The van der Waals surface area contributed by atoms with E-state index in [0.29, 0.717) is 17.8 Å². The number of nitrogens with one attached hydrogen (secondary N) is 1. The number of anilines is 2. The summed E-state index contributed by atoms with van der Waals surface area (Å²) < 4.78 is 0. The van der Waals surface area contributed by atoms with Crippen molar-refractivity contribution in [3.63, 3.8) is 0 Å². The standard InChI is InChI=1S/C27H24N2O2/c1-2-29(24-15-4-3-5-16-24)27(31)22-13-9-14-23(18-22)28-26(30)19-21-12-8-11-20-10-6-7-17-25(20)21/h3-18H,2,19H2,1H3,(H,28,30). The molecule has 4 aromatic carbocycles. The second-order valence-electron chi connectivity index (χ2n) is 7.33. The molecule has 0 spiro atoms. The van der Waals surface area contributed by atoms with Gasteiger partial charge in [-0.1, -0.05) is 66.7 Å². The number of amides is 2. The van der Waals surface area contributed by atoms with Crippen molar-refractivity contribution in [2.45, 2.75) is 13.3 Å². The number of nitrogens with zero attached hydrogens (tertiary/aromatic N) is 1. The summed E-state index contributed by atoms with van der Waals surface area (Å²) in [7, 11) is 0. The van der Waals surface area contributed by atoms with E-state index in [1.54, 1.807) is 29.2 Å². The van der Waals surface area contributed by atoms with Crippen LogP contribution in [-0.4, -0.2) is 18.4 Å². The highest BCUT2D eigenvalue weighted by atomic mass is 16.2. The first kappa shape index (κ1) is 20.4. The molecule has 1 N–H and O–H groups in total. The fourth-order valence-electron chi connectivity index (χ4n) is 3.76. The summed E-state index contributed by atoms with van der Waals surface area (Å²) in [5, 5.41) is 5.12. The lowest BCUT2D eigenvalue weighted by molar-refractivity contribution is -0.115. The highest BCUT2D eigenvalue weighted by molar-refractivity contribution is 6.07. The van der Waals surface area contributed by atoms with Crippen LogP contribution in [0, 0.1) is 0 Å². The van der Waals surface area contributed by atoms with Gasteiger partial charge in [-0.25, -0.2) is 0 Å². The largest absolute Gasteiger partial charge is 0.326 e. The van der Waals surface area contributed by atoms with Gasteiger partial charge in [0.1, 0.15) is 0 Å². The van der Waals surface area contributed by atoms with Crippen molar-refractivity contribution in [3.05, 3.63) is 108 Å². The van der Waals surface area contributed by atoms with Crippen LogP contribution < -0.4 is 10.2 Å². The number of fused-ring (bicyclic) bond motifs is 1. The molecule has 0 atom stereocenters. The van der Waals surface area contributed by atoms with Crippen molar-refractivity contribution in [3.8, 4) is 0 Å². The lowest BCUT2D eigenvalue weighted by atomic mass is 10.0. The summed E-state index contributed by atoms with van der Waals surface area (Å²) in [5.41, 5.74) is 2.97. The van der Waals surface area contributed by atoms with Crippen molar-refractivity contribution >= 4 is 34.0 Å². The Balaban J connectivity index is 1.50. The predicted octanol–water partition coefficient (Wildman–Crippen LogP) is 5.69. The Kier molecular flexibility index (Phi) is 6.08. The van der Waals surface area contributed by atoms with Crippen LogP contribution in [0.4, 0.5) is 11.4 Å². The summed E-state index contributed by atoms with van der Waals surface area (Å²) in [5.74, 6) is -0.213. The maximum Gasteiger partial charge on any atom is 0.258 e. The normalized spacial score (nSPS) is 10.6. The number of hydrogen-bond donors (Lipinski definition) is 1. The third kappa shape index (κ3) is 4.64. The molecule has 0 aliphatic rings. The molecular formula is C27H24N2O2. The van der Waals surface area contributed by atoms with Crippen LogP contribution in [0.1, 0.15) is 22.8 Å². The van der Waals surface area contributed by atoms with Gasteiger partial charge in [0, 0.05) is 23.5 Å². The molecule has 0 aromatic heterocycles. The first-order chi connectivity index (χ1) is 15.2. The van der Waals surface area contributed by atoms with Crippen LogP contribution >= 0.6 is 0 Å². The zero-order chi connectivity index (χ0) is 21.6. The van der Waals surface area contributed by atoms with Gasteiger partial charge >= 0.3 is 0 Å². The first-order valence-corrected chi connectivity index (χ1v) is 10.4. The molecule has 0 unspecified atom stereocenters. The third-order valence-corrected chi connectivity index (χ3v) is 5.25. The maximum atomic E-state index is 13.1. The van der Waals surface area contributed by atoms with Crippen LogP contribution in [0.5, 0.6) is 0 Å². The van der Waals surface area contributed by atoms with Crippen LogP contribution in [0.15, 0.2) is 97.1 Å². The van der Waals surface area contributed by atoms with Crippen molar-refractivity contribution in [2.75, 3.05) is 16.8 Å². The predicted molar refractivity (Wildman–Crippen MR) is 127 cm³/mol. The van der Waals surface area contributed by atoms with E-state index in [1.807, 2.05) is 79.7 Å². The van der Waals surface area contributed by atoms with Crippen LogP contribution in [-0.2, 0) is 11.2 Å². The van der Waals surface area contributed by atoms with E-state index in [2.05, 4.69) is 5.32 Å². The van der Waals surface area contributed by atoms with Crippen molar-refractivity contribution in [1.82, 2.24) is 0 Å². The summed E-state index contributed by atoms with van der Waals surface area (Å²) in [6, 6.07) is 30.7. The number of carbonyl (C=O) groups is 2. The number of hydrogen-bond acceptors (Lipinski definition) is 2. The van der Waals surface area contributed by atoms with E-state index in [1.165, 1.54) is 0 Å². The van der Waals surface area contributed by atoms with Crippen LogP contribution in [0.2, 0.25) is 0 Å². The Bertz CT molecular complexity index is 1210. The number of rotatable bonds is 6. The van der Waals surface area contributed by atoms with E-state index in [9.17, 15) is 9.59 Å². The molecule has 0 bridgehead atoms. The molecule has 0 aliphatic carbocycles. The second-order valence-corrected chi connectivity index (χ2v) is 7.33. The van der Waals surface area contributed by atoms with Crippen molar-refractivity contribution < 1.29 is 9.59 Å². The highest BCUT2D eigenvalue weighted by Gasteiger charge is 2.16. The van der Waals surface area contributed by atoms with Crippen molar-refractivity contribution in [1.29, 1.82) is 0 Å². The second kappa shape index (κ2) is 9.26. The molecular weight excluding hydrogens is 384 g/mol. The summed E-state index contributed by atoms with van der Waals surface area (Å²) in [6.45, 7) is 2.50. The topological polar surface area (TPSA) is 49.4 Å². The molecule has 154 valence electrons. The fraction of sp³-hybridized carbons (Fsp3) is 0.111. The third-order valence-electron chi connectivity index (χ3n) is 5.25. The van der Waals surface area contributed by atoms with Crippen molar-refractivity contribution in [2.24, 2.45) is 0 Å². The van der Waals surface area contributed by atoms with E-state index < -0.39 is 0 Å². The molecule has 4 heteroatoms. The number of para-hydroxylation sites is 1. The molecule has 4 aromatic rings. The highest BCUT2D eigenvalue weighted by Crippen LogP contribution is 2.21. The van der Waals surface area contributed by atoms with E-state index in [-0.39, 0.29) is 18.2 Å². The Morgan fingerprint density at radius 2 is 1.52 bits per heavy atom. The molecule has 4 nitrogen and oxygen atoms in total. The molecule has 4 rings (SSSR count). The van der Waals surface area contributed by atoms with Gasteiger partial charge in [0.15, 0.2) is 0 Å². The van der Waals surface area contributed by atoms with Gasteiger partial charge in [-0.05, 0) is 53.6 Å². The Morgan fingerprint density at radius 3 is 2.32 bits per heavy atom. The van der Waals surface area contributed by atoms with Gasteiger partial charge in [-0.15, -0.1) is 0 Å². The monoisotopic (exact) mass is 408 g/mol. The molecule has 0 fully saturated rings. The Labute approximate surface area is 182 Å². The number of benzene rings is 4. The molecule has 0 saturated carbocycles. The molecule has 2 amide bonds. The van der Waals surface area contributed by atoms with E-state index in [0.717, 1.165) is 22.0 Å². The molecule has 0 aliphatic heterocycles. The lowest BCUT2D eigenvalue weighted by Crippen LogP contribution is -2.30. The van der Waals surface area contributed by atoms with Gasteiger partial charge in [-0.3, -0.25) is 9.59 Å². The van der Waals surface area contributed by atoms with Crippen LogP contribution in [0.25, 0.3) is 10.8 Å². The fourth-order valence-corrected chi connectivity index (χ4v) is 3.76. The molecule has 31 heavy (non-hydrogen) atoms. The Hall–Kier alpha value is -3.92. The average molecular weight is 409 g/mol. The SMILES string of the molecule is CCN(C(=O)c1cccc(NC(=O)Cc2cccc3ccccc23)c1)c1ccccc1. The van der Waals surface area contributed by atoms with Gasteiger partial charge in [0.05, 0.1) is 6.42 Å². The van der Waals surface area contributed by atoms with E-state index in [4.69, 9.17) is 0 Å². The zero-order valence-electron chi connectivity index (χ0n) is 17.4. The summed E-state index contributed by atoms with van der Waals surface area (Å²) >= 11 is 0. The van der Waals surface area contributed by atoms with E-state index >= 15 is 0 Å². The minimum atomic E-state index is -0.114. The Morgan fingerprint density at radius 1 is 0.806 bits per heavy atom. The molecule has 0 radical (unpaired) electrons. The van der Waals surface area contributed by atoms with Gasteiger partial charge in [0.25, 0.3) is 5.91 Å². The quantitative estimate of drug-likeness (QED) is 0.446. The minimum Gasteiger partial charge on any atom is -0.326 e. The lowest BCUT2D eigenvalue weighted by Gasteiger charge is -2.21. The average Bonchev–Trinajstić information content (AvgIpc) is 2.80. The first-order valence-electron chi connectivity index (χ1n) is 10.4. The summed E-state index contributed by atoms with van der Waals surface area (Å²) in [6.07, 6.45) is 0.268. The van der Waals surface area contributed by atoms with Gasteiger partial charge in [0.2, 0.25) is 5.91 Å². The molecule has 0 heterocycles. The maximum absolute atomic E-state index is 13.1. The molecule has 0 saturated heterocycles.